The van der Waals surface area contributed by atoms with Crippen LogP contribution in [0.5, 0.6) is 0 Å². The molecule has 6 nitrogen and oxygen atoms in total. The first-order chi connectivity index (χ1) is 10.7. The minimum absolute atomic E-state index is 0.0304. The average Bonchev–Trinajstić information content (AvgIpc) is 2.48. The molecule has 0 radical (unpaired) electrons. The monoisotopic (exact) mass is 344 g/mol. The van der Waals surface area contributed by atoms with Crippen molar-refractivity contribution in [2.45, 2.75) is 18.9 Å². The minimum Gasteiger partial charge on any atom is -0.363 e. The van der Waals surface area contributed by atoms with Crippen LogP contribution in [0.2, 0.25) is 0 Å². The van der Waals surface area contributed by atoms with Crippen molar-refractivity contribution in [2.24, 2.45) is 0 Å². The molecule has 1 aliphatic heterocycles. The number of ether oxygens (including phenoxy) is 1. The summed E-state index contributed by atoms with van der Waals surface area (Å²) in [4.78, 5) is 12.3. The summed E-state index contributed by atoms with van der Waals surface area (Å²) in [5, 5.41) is 2.69. The van der Waals surface area contributed by atoms with Crippen molar-refractivity contribution < 1.29 is 22.3 Å². The number of hydrogen-bond acceptors (Lipinski definition) is 4. The summed E-state index contributed by atoms with van der Waals surface area (Å²) in [6.45, 7) is 2.17. The van der Waals surface area contributed by atoms with E-state index in [1.54, 1.807) is 25.1 Å². The molecule has 0 aromatic heterocycles. The van der Waals surface area contributed by atoms with Gasteiger partial charge >= 0.3 is 0 Å². The van der Waals surface area contributed by atoms with Crippen LogP contribution in [0, 0.1) is 5.82 Å². The van der Waals surface area contributed by atoms with Crippen molar-refractivity contribution in [1.82, 2.24) is 9.62 Å². The number of carbonyl (C=O) groups excluding carboxylic acids is 1. The van der Waals surface area contributed by atoms with Crippen LogP contribution in [0.1, 0.15) is 12.5 Å². The Bertz CT molecular complexity index is 680. The van der Waals surface area contributed by atoms with Gasteiger partial charge in [0.05, 0.1) is 19.4 Å². The van der Waals surface area contributed by atoms with E-state index >= 15 is 0 Å². The highest BCUT2D eigenvalue weighted by molar-refractivity contribution is 7.88. The molecule has 0 spiro atoms. The van der Waals surface area contributed by atoms with E-state index in [-0.39, 0.29) is 32.1 Å². The SMILES string of the molecule is CC1(C(=O)NCCc2ccccc2F)CN(S(C)(=O)=O)CCO1. The second kappa shape index (κ2) is 6.94. The molecule has 1 aromatic carbocycles. The van der Waals surface area contributed by atoms with Gasteiger partial charge in [-0.05, 0) is 25.0 Å². The van der Waals surface area contributed by atoms with Crippen molar-refractivity contribution in [3.63, 3.8) is 0 Å². The molecule has 1 heterocycles. The van der Waals surface area contributed by atoms with Crippen LogP contribution in [-0.4, -0.2) is 56.7 Å². The molecule has 1 fully saturated rings. The number of halogens is 1. The van der Waals surface area contributed by atoms with Gasteiger partial charge in [-0.1, -0.05) is 18.2 Å². The Hall–Kier alpha value is -1.51. The fraction of sp³-hybridized carbons (Fsp3) is 0.533. The van der Waals surface area contributed by atoms with Crippen LogP contribution in [0.4, 0.5) is 4.39 Å². The molecule has 0 saturated carbocycles. The average molecular weight is 344 g/mol. The van der Waals surface area contributed by atoms with Gasteiger partial charge in [-0.2, -0.15) is 4.31 Å². The number of rotatable bonds is 5. The molecule has 1 atom stereocenters. The van der Waals surface area contributed by atoms with Gasteiger partial charge in [-0.25, -0.2) is 12.8 Å². The number of benzene rings is 1. The van der Waals surface area contributed by atoms with Gasteiger partial charge < -0.3 is 10.1 Å². The Kier molecular flexibility index (Phi) is 5.38. The van der Waals surface area contributed by atoms with Gasteiger partial charge in [-0.3, -0.25) is 4.79 Å². The van der Waals surface area contributed by atoms with Crippen molar-refractivity contribution in [3.05, 3.63) is 35.6 Å². The van der Waals surface area contributed by atoms with Crippen LogP contribution < -0.4 is 5.32 Å². The molecule has 128 valence electrons. The largest absolute Gasteiger partial charge is 0.363 e. The first kappa shape index (κ1) is 17.8. The lowest BCUT2D eigenvalue weighted by Gasteiger charge is -2.37. The maximum Gasteiger partial charge on any atom is 0.253 e. The molecule has 0 bridgehead atoms. The fourth-order valence-electron chi connectivity index (χ4n) is 2.45. The molecule has 1 aliphatic rings. The maximum absolute atomic E-state index is 13.5. The predicted molar refractivity (Wildman–Crippen MR) is 83.9 cm³/mol. The summed E-state index contributed by atoms with van der Waals surface area (Å²) in [5.74, 6) is -0.715. The first-order valence-electron chi connectivity index (χ1n) is 7.33. The Labute approximate surface area is 135 Å². The minimum atomic E-state index is -3.38. The molecular formula is C15H21FN2O4S. The third kappa shape index (κ3) is 4.49. The number of nitrogens with one attached hydrogen (secondary N) is 1. The maximum atomic E-state index is 13.5. The van der Waals surface area contributed by atoms with E-state index < -0.39 is 21.5 Å². The smallest absolute Gasteiger partial charge is 0.253 e. The lowest BCUT2D eigenvalue weighted by molar-refractivity contribution is -0.152. The van der Waals surface area contributed by atoms with Gasteiger partial charge in [0, 0.05) is 13.1 Å². The molecule has 1 aromatic rings. The summed E-state index contributed by atoms with van der Waals surface area (Å²) in [6.07, 6.45) is 1.46. The van der Waals surface area contributed by atoms with E-state index in [0.717, 1.165) is 6.26 Å². The molecular weight excluding hydrogens is 323 g/mol. The molecule has 1 amide bonds. The van der Waals surface area contributed by atoms with E-state index in [0.29, 0.717) is 12.0 Å². The number of hydrogen-bond donors (Lipinski definition) is 1. The number of nitrogens with zero attached hydrogens (tertiary/aromatic N) is 1. The van der Waals surface area contributed by atoms with Gasteiger partial charge in [0.15, 0.2) is 5.60 Å². The topological polar surface area (TPSA) is 75.7 Å². The first-order valence-corrected chi connectivity index (χ1v) is 9.18. The van der Waals surface area contributed by atoms with Crippen LogP contribution in [0.3, 0.4) is 0 Å². The standard InChI is InChI=1S/C15H21FN2O4S/c1-15(11-18(9-10-22-15)23(2,20)21)14(19)17-8-7-12-5-3-4-6-13(12)16/h3-6H,7-11H2,1-2H3,(H,17,19). The number of sulfonamides is 1. The van der Waals surface area contributed by atoms with E-state index in [9.17, 15) is 17.6 Å². The summed E-state index contributed by atoms with van der Waals surface area (Å²) >= 11 is 0. The predicted octanol–water partition coefficient (Wildman–Crippen LogP) is 0.535. The van der Waals surface area contributed by atoms with Crippen LogP contribution in [0.25, 0.3) is 0 Å². The Balaban J connectivity index is 1.93. The molecule has 1 saturated heterocycles. The van der Waals surface area contributed by atoms with E-state index in [2.05, 4.69) is 5.32 Å². The van der Waals surface area contributed by atoms with Gasteiger partial charge in [0.1, 0.15) is 5.82 Å². The van der Waals surface area contributed by atoms with E-state index in [4.69, 9.17) is 4.74 Å². The molecule has 8 heteroatoms. The third-order valence-corrected chi connectivity index (χ3v) is 5.08. The van der Waals surface area contributed by atoms with E-state index in [1.165, 1.54) is 10.4 Å². The van der Waals surface area contributed by atoms with Crippen LogP contribution in [0.15, 0.2) is 24.3 Å². The Morgan fingerprint density at radius 3 is 2.78 bits per heavy atom. The van der Waals surface area contributed by atoms with Gasteiger partial charge in [0.25, 0.3) is 5.91 Å². The molecule has 0 aliphatic carbocycles. The lowest BCUT2D eigenvalue weighted by atomic mass is 10.0. The van der Waals surface area contributed by atoms with Crippen molar-refractivity contribution >= 4 is 15.9 Å². The normalized spacial score (nSPS) is 22.7. The third-order valence-electron chi connectivity index (χ3n) is 3.83. The second-order valence-electron chi connectivity index (χ2n) is 5.77. The van der Waals surface area contributed by atoms with Crippen molar-refractivity contribution in [2.75, 3.05) is 32.5 Å². The van der Waals surface area contributed by atoms with Crippen LogP contribution in [-0.2, 0) is 26.0 Å². The number of carbonyl (C=O) groups is 1. The zero-order chi connectivity index (χ0) is 17.1. The highest BCUT2D eigenvalue weighted by atomic mass is 32.2. The highest BCUT2D eigenvalue weighted by Crippen LogP contribution is 2.20. The van der Waals surface area contributed by atoms with Gasteiger partial charge in [-0.15, -0.1) is 0 Å². The second-order valence-corrected chi connectivity index (χ2v) is 7.76. The summed E-state index contributed by atoms with van der Waals surface area (Å²) in [7, 11) is -3.38. The van der Waals surface area contributed by atoms with Gasteiger partial charge in [0.2, 0.25) is 10.0 Å². The number of amides is 1. The molecule has 23 heavy (non-hydrogen) atoms. The summed E-state index contributed by atoms with van der Waals surface area (Å²) < 4.78 is 43.5. The van der Waals surface area contributed by atoms with Crippen LogP contribution >= 0.6 is 0 Å². The zero-order valence-electron chi connectivity index (χ0n) is 13.2. The quantitative estimate of drug-likeness (QED) is 0.846. The Morgan fingerprint density at radius 2 is 2.13 bits per heavy atom. The zero-order valence-corrected chi connectivity index (χ0v) is 14.0. The van der Waals surface area contributed by atoms with Crippen molar-refractivity contribution in [1.29, 1.82) is 0 Å². The fourth-order valence-corrected chi connectivity index (χ4v) is 3.34. The van der Waals surface area contributed by atoms with Crippen molar-refractivity contribution in [3.8, 4) is 0 Å². The molecule has 2 rings (SSSR count). The summed E-state index contributed by atoms with van der Waals surface area (Å²) in [5.41, 5.74) is -0.725. The lowest BCUT2D eigenvalue weighted by Crippen LogP contribution is -2.59. The molecule has 1 unspecified atom stereocenters. The molecule has 1 N–H and O–H groups in total. The Morgan fingerprint density at radius 1 is 1.43 bits per heavy atom. The summed E-state index contributed by atoms with van der Waals surface area (Å²) in [6, 6.07) is 6.36. The highest BCUT2D eigenvalue weighted by Gasteiger charge is 2.41. The van der Waals surface area contributed by atoms with E-state index in [1.807, 2.05) is 0 Å². The number of morpholine rings is 1.